The number of nitrogens with one attached hydrogen (secondary N) is 1. The van der Waals surface area contributed by atoms with Gasteiger partial charge in [0.25, 0.3) is 0 Å². The van der Waals surface area contributed by atoms with Gasteiger partial charge in [-0.1, -0.05) is 25.7 Å². The van der Waals surface area contributed by atoms with E-state index in [2.05, 4.69) is 5.32 Å². The lowest BCUT2D eigenvalue weighted by atomic mass is 9.93. The van der Waals surface area contributed by atoms with Gasteiger partial charge < -0.3 is 10.4 Å². The van der Waals surface area contributed by atoms with Gasteiger partial charge in [-0.25, -0.2) is 0 Å². The third kappa shape index (κ3) is 3.18. The van der Waals surface area contributed by atoms with Crippen molar-refractivity contribution in [2.24, 2.45) is 11.8 Å². The maximum absolute atomic E-state index is 9.25. The molecular weight excluding hydrogens is 186 g/mol. The molecule has 2 atom stereocenters. The zero-order chi connectivity index (χ0) is 10.5. The summed E-state index contributed by atoms with van der Waals surface area (Å²) >= 11 is 0. The van der Waals surface area contributed by atoms with Gasteiger partial charge >= 0.3 is 0 Å². The average molecular weight is 211 g/mol. The number of hydrogen-bond donors (Lipinski definition) is 2. The number of aliphatic hydroxyl groups excluding tert-OH is 1. The first kappa shape index (κ1) is 11.4. The van der Waals surface area contributed by atoms with Crippen molar-refractivity contribution in [1.82, 2.24) is 5.32 Å². The summed E-state index contributed by atoms with van der Waals surface area (Å²) < 4.78 is 0. The van der Waals surface area contributed by atoms with Crippen molar-refractivity contribution in [2.75, 3.05) is 13.2 Å². The molecule has 88 valence electrons. The Balaban J connectivity index is 1.67. The lowest BCUT2D eigenvalue weighted by Gasteiger charge is -2.26. The van der Waals surface area contributed by atoms with E-state index in [1.165, 1.54) is 51.4 Å². The highest BCUT2D eigenvalue weighted by Gasteiger charge is 2.27. The smallest absolute Gasteiger partial charge is 0.0462 e. The van der Waals surface area contributed by atoms with Gasteiger partial charge in [-0.3, -0.25) is 0 Å². The van der Waals surface area contributed by atoms with E-state index in [0.29, 0.717) is 12.5 Å². The highest BCUT2D eigenvalue weighted by Crippen LogP contribution is 2.31. The predicted molar refractivity (Wildman–Crippen MR) is 62.8 cm³/mol. The van der Waals surface area contributed by atoms with Gasteiger partial charge in [0, 0.05) is 12.6 Å². The summed E-state index contributed by atoms with van der Waals surface area (Å²) in [5.74, 6) is 1.33. The van der Waals surface area contributed by atoms with Crippen molar-refractivity contribution in [2.45, 2.75) is 57.4 Å². The molecule has 0 aliphatic heterocycles. The second-order valence-corrected chi connectivity index (χ2v) is 5.38. The minimum Gasteiger partial charge on any atom is -0.396 e. The number of hydrogen-bond acceptors (Lipinski definition) is 2. The highest BCUT2D eigenvalue weighted by molar-refractivity contribution is 4.81. The molecule has 0 amide bonds. The van der Waals surface area contributed by atoms with Crippen LogP contribution in [-0.2, 0) is 0 Å². The summed E-state index contributed by atoms with van der Waals surface area (Å²) in [5, 5.41) is 13.0. The van der Waals surface area contributed by atoms with Crippen LogP contribution in [0.25, 0.3) is 0 Å². The summed E-state index contributed by atoms with van der Waals surface area (Å²) in [4.78, 5) is 0. The van der Waals surface area contributed by atoms with Gasteiger partial charge in [-0.15, -0.1) is 0 Å². The predicted octanol–water partition coefficient (Wildman–Crippen LogP) is 2.32. The third-order valence-corrected chi connectivity index (χ3v) is 4.32. The van der Waals surface area contributed by atoms with Crippen LogP contribution in [0.5, 0.6) is 0 Å². The number of aliphatic hydroxyl groups is 1. The van der Waals surface area contributed by atoms with Gasteiger partial charge in [0.2, 0.25) is 0 Å². The SMILES string of the molecule is OCC1CCCC1CNC1CCCCC1. The molecule has 0 radical (unpaired) electrons. The minimum absolute atomic E-state index is 0.400. The minimum atomic E-state index is 0.400. The molecule has 2 N–H and O–H groups in total. The molecule has 0 aromatic carbocycles. The molecule has 2 aliphatic carbocycles. The zero-order valence-corrected chi connectivity index (χ0v) is 9.75. The monoisotopic (exact) mass is 211 g/mol. The third-order valence-electron chi connectivity index (χ3n) is 4.32. The van der Waals surface area contributed by atoms with E-state index in [4.69, 9.17) is 0 Å². The van der Waals surface area contributed by atoms with E-state index in [1.807, 2.05) is 0 Å². The van der Waals surface area contributed by atoms with Crippen LogP contribution in [0.15, 0.2) is 0 Å². The summed E-state index contributed by atoms with van der Waals surface area (Å²) in [6, 6.07) is 0.777. The fraction of sp³-hybridized carbons (Fsp3) is 1.00. The van der Waals surface area contributed by atoms with E-state index in [-0.39, 0.29) is 0 Å². The van der Waals surface area contributed by atoms with Crippen molar-refractivity contribution < 1.29 is 5.11 Å². The quantitative estimate of drug-likeness (QED) is 0.748. The van der Waals surface area contributed by atoms with Gasteiger partial charge in [-0.2, -0.15) is 0 Å². The lowest BCUT2D eigenvalue weighted by Crippen LogP contribution is -2.36. The first-order valence-electron chi connectivity index (χ1n) is 6.74. The molecule has 0 saturated heterocycles. The van der Waals surface area contributed by atoms with E-state index >= 15 is 0 Å². The molecule has 15 heavy (non-hydrogen) atoms. The summed E-state index contributed by atoms with van der Waals surface area (Å²) in [6.45, 7) is 1.55. The molecular formula is C13H25NO. The van der Waals surface area contributed by atoms with Gasteiger partial charge in [0.15, 0.2) is 0 Å². The van der Waals surface area contributed by atoms with Crippen LogP contribution in [0.4, 0.5) is 0 Å². The first-order chi connectivity index (χ1) is 7.40. The van der Waals surface area contributed by atoms with Gasteiger partial charge in [-0.05, 0) is 44.1 Å². The Bertz CT molecular complexity index is 177. The average Bonchev–Trinajstić information content (AvgIpc) is 2.75. The maximum Gasteiger partial charge on any atom is 0.0462 e. The largest absolute Gasteiger partial charge is 0.396 e. The Hall–Kier alpha value is -0.0800. The second-order valence-electron chi connectivity index (χ2n) is 5.38. The fourth-order valence-electron chi connectivity index (χ4n) is 3.25. The summed E-state index contributed by atoms with van der Waals surface area (Å²) in [7, 11) is 0. The molecule has 2 fully saturated rings. The van der Waals surface area contributed by atoms with Crippen molar-refractivity contribution in [3.8, 4) is 0 Å². The van der Waals surface area contributed by atoms with E-state index < -0.39 is 0 Å². The molecule has 0 heterocycles. The Kier molecular flexibility index (Phi) is 4.45. The van der Waals surface area contributed by atoms with Crippen LogP contribution in [-0.4, -0.2) is 24.3 Å². The Morgan fingerprint density at radius 1 is 0.867 bits per heavy atom. The van der Waals surface area contributed by atoms with Crippen LogP contribution in [0.1, 0.15) is 51.4 Å². The fourth-order valence-corrected chi connectivity index (χ4v) is 3.25. The molecule has 2 saturated carbocycles. The van der Waals surface area contributed by atoms with E-state index in [9.17, 15) is 5.11 Å². The molecule has 2 unspecified atom stereocenters. The first-order valence-corrected chi connectivity index (χ1v) is 6.74. The van der Waals surface area contributed by atoms with Crippen LogP contribution in [0.2, 0.25) is 0 Å². The lowest BCUT2D eigenvalue weighted by molar-refractivity contribution is 0.188. The number of rotatable bonds is 4. The standard InChI is InChI=1S/C13H25NO/c15-10-12-6-4-5-11(12)9-14-13-7-2-1-3-8-13/h11-15H,1-10H2. The van der Waals surface area contributed by atoms with Gasteiger partial charge in [0.1, 0.15) is 0 Å². The van der Waals surface area contributed by atoms with Crippen LogP contribution >= 0.6 is 0 Å². The van der Waals surface area contributed by atoms with Gasteiger partial charge in [0.05, 0.1) is 0 Å². The topological polar surface area (TPSA) is 32.3 Å². The Morgan fingerprint density at radius 2 is 1.60 bits per heavy atom. The molecule has 2 aliphatic rings. The highest BCUT2D eigenvalue weighted by atomic mass is 16.3. The zero-order valence-electron chi connectivity index (χ0n) is 9.75. The van der Waals surface area contributed by atoms with E-state index in [1.54, 1.807) is 0 Å². The van der Waals surface area contributed by atoms with Crippen molar-refractivity contribution in [3.63, 3.8) is 0 Å². The van der Waals surface area contributed by atoms with Crippen molar-refractivity contribution >= 4 is 0 Å². The molecule has 2 nitrogen and oxygen atoms in total. The molecule has 2 rings (SSSR count). The second kappa shape index (κ2) is 5.86. The normalized spacial score (nSPS) is 33.4. The molecule has 2 heteroatoms. The van der Waals surface area contributed by atoms with Crippen molar-refractivity contribution in [3.05, 3.63) is 0 Å². The van der Waals surface area contributed by atoms with Crippen molar-refractivity contribution in [1.29, 1.82) is 0 Å². The maximum atomic E-state index is 9.25. The molecule has 0 aromatic rings. The Labute approximate surface area is 93.5 Å². The molecule has 0 spiro atoms. The van der Waals surface area contributed by atoms with E-state index in [0.717, 1.165) is 18.5 Å². The summed E-state index contributed by atoms with van der Waals surface area (Å²) in [5.41, 5.74) is 0. The summed E-state index contributed by atoms with van der Waals surface area (Å²) in [6.07, 6.45) is 10.9. The molecule has 0 bridgehead atoms. The molecule has 0 aromatic heterocycles. The van der Waals surface area contributed by atoms with Crippen LogP contribution < -0.4 is 5.32 Å². The van der Waals surface area contributed by atoms with Crippen LogP contribution in [0, 0.1) is 11.8 Å². The van der Waals surface area contributed by atoms with Crippen LogP contribution in [0.3, 0.4) is 0 Å². The Morgan fingerprint density at radius 3 is 2.33 bits per heavy atom.